The summed E-state index contributed by atoms with van der Waals surface area (Å²) in [6.45, 7) is 3.26. The molecule has 2 atom stereocenters. The highest BCUT2D eigenvalue weighted by molar-refractivity contribution is 7.99. The van der Waals surface area contributed by atoms with Crippen LogP contribution in [0.5, 0.6) is 0 Å². The van der Waals surface area contributed by atoms with Gasteiger partial charge in [-0.1, -0.05) is 67.6 Å². The highest BCUT2D eigenvalue weighted by Gasteiger charge is 2.24. The topological polar surface area (TPSA) is 32.3 Å². The van der Waals surface area contributed by atoms with Gasteiger partial charge in [0.1, 0.15) is 0 Å². The first-order valence-corrected chi connectivity index (χ1v) is 8.47. The monoisotopic (exact) mass is 301 g/mol. The van der Waals surface area contributed by atoms with Crippen molar-refractivity contribution in [1.29, 1.82) is 0 Å². The van der Waals surface area contributed by atoms with E-state index in [1.165, 1.54) is 11.1 Å². The minimum atomic E-state index is 0.210. The van der Waals surface area contributed by atoms with E-state index in [1.54, 1.807) is 11.8 Å². The van der Waals surface area contributed by atoms with Gasteiger partial charge in [-0.3, -0.25) is 0 Å². The molecule has 0 aromatic heterocycles. The molecule has 0 heterocycles. The second-order valence-corrected chi connectivity index (χ2v) is 6.12. The summed E-state index contributed by atoms with van der Waals surface area (Å²) in [7, 11) is 0. The van der Waals surface area contributed by atoms with E-state index in [0.717, 1.165) is 12.3 Å². The van der Waals surface area contributed by atoms with Crippen molar-refractivity contribution in [1.82, 2.24) is 5.32 Å². The molecule has 0 fully saturated rings. The molecular weight excluding hydrogens is 278 g/mol. The Morgan fingerprint density at radius 3 is 2.05 bits per heavy atom. The molecule has 2 aromatic carbocycles. The van der Waals surface area contributed by atoms with Gasteiger partial charge in [0.15, 0.2) is 0 Å². The number of thioether (sulfide) groups is 1. The van der Waals surface area contributed by atoms with Gasteiger partial charge in [0.25, 0.3) is 0 Å². The first kappa shape index (κ1) is 16.1. The number of benzene rings is 2. The lowest BCUT2D eigenvalue weighted by molar-refractivity contribution is 0.322. The van der Waals surface area contributed by atoms with Crippen LogP contribution in [0.25, 0.3) is 0 Å². The molecule has 0 saturated heterocycles. The molecule has 0 aliphatic rings. The van der Waals surface area contributed by atoms with Crippen molar-refractivity contribution in [2.24, 2.45) is 0 Å². The molecule has 112 valence electrons. The molecule has 0 bridgehead atoms. The molecule has 2 aromatic rings. The van der Waals surface area contributed by atoms with Gasteiger partial charge in [-0.2, -0.15) is 0 Å². The molecule has 0 spiro atoms. The Kier molecular flexibility index (Phi) is 6.80. The highest BCUT2D eigenvalue weighted by atomic mass is 32.2. The maximum atomic E-state index is 9.20. The third-order valence-electron chi connectivity index (χ3n) is 3.40. The fourth-order valence-electron chi connectivity index (χ4n) is 2.49. The number of hydrogen-bond donors (Lipinski definition) is 2. The smallest absolute Gasteiger partial charge is 0.0521 e. The number of likely N-dealkylation sites (N-methyl/N-ethyl adjacent to an activating group) is 1. The van der Waals surface area contributed by atoms with Gasteiger partial charge in [-0.15, -0.1) is 11.8 Å². The van der Waals surface area contributed by atoms with Gasteiger partial charge < -0.3 is 10.4 Å². The Bertz CT molecular complexity index is 503. The molecule has 2 nitrogen and oxygen atoms in total. The lowest BCUT2D eigenvalue weighted by Gasteiger charge is -2.28. The molecule has 0 amide bonds. The lowest BCUT2D eigenvalue weighted by atomic mass is 9.98. The Morgan fingerprint density at radius 1 is 0.952 bits per heavy atom. The average molecular weight is 301 g/mol. The minimum absolute atomic E-state index is 0.210. The van der Waals surface area contributed by atoms with Gasteiger partial charge in [-0.25, -0.2) is 0 Å². The van der Waals surface area contributed by atoms with Crippen LogP contribution in [0.1, 0.15) is 29.3 Å². The zero-order valence-electron chi connectivity index (χ0n) is 12.4. The van der Waals surface area contributed by atoms with Gasteiger partial charge in [0.05, 0.1) is 6.61 Å². The van der Waals surface area contributed by atoms with Crippen molar-refractivity contribution < 1.29 is 5.11 Å². The van der Waals surface area contributed by atoms with Crippen molar-refractivity contribution in [3.05, 3.63) is 71.8 Å². The third-order valence-corrected chi connectivity index (χ3v) is 4.72. The van der Waals surface area contributed by atoms with Crippen LogP contribution >= 0.6 is 11.8 Å². The lowest BCUT2D eigenvalue weighted by Crippen LogP contribution is -2.26. The van der Waals surface area contributed by atoms with Crippen molar-refractivity contribution in [3.63, 3.8) is 0 Å². The number of hydrogen-bond acceptors (Lipinski definition) is 3. The van der Waals surface area contributed by atoms with E-state index in [0.29, 0.717) is 5.25 Å². The fraction of sp³-hybridized carbons (Fsp3) is 0.333. The summed E-state index contributed by atoms with van der Waals surface area (Å²) >= 11 is 1.81. The van der Waals surface area contributed by atoms with Crippen LogP contribution in [0.2, 0.25) is 0 Å². The van der Waals surface area contributed by atoms with Crippen LogP contribution in [0.15, 0.2) is 60.7 Å². The molecule has 3 heteroatoms. The number of aliphatic hydroxyl groups is 1. The van der Waals surface area contributed by atoms with E-state index in [9.17, 15) is 5.11 Å². The van der Waals surface area contributed by atoms with E-state index >= 15 is 0 Å². The molecule has 0 saturated carbocycles. The molecule has 0 aliphatic heterocycles. The van der Waals surface area contributed by atoms with E-state index < -0.39 is 0 Å². The van der Waals surface area contributed by atoms with Crippen LogP contribution in [0, 0.1) is 0 Å². The number of rotatable bonds is 8. The van der Waals surface area contributed by atoms with Gasteiger partial charge >= 0.3 is 0 Å². The second-order valence-electron chi connectivity index (χ2n) is 4.87. The maximum absolute atomic E-state index is 9.20. The summed E-state index contributed by atoms with van der Waals surface area (Å²) < 4.78 is 0. The minimum Gasteiger partial charge on any atom is -0.396 e. The molecule has 2 rings (SSSR count). The van der Waals surface area contributed by atoms with E-state index in [4.69, 9.17) is 0 Å². The number of nitrogens with one attached hydrogen (secondary N) is 1. The standard InChI is InChI=1S/C18H23NOS/c1-2-19-17(15-9-5-3-6-10-15)18(21-14-13-20)16-11-7-4-8-12-16/h3-12,17-20H,2,13-14H2,1H3. The van der Waals surface area contributed by atoms with Crippen LogP contribution in [-0.2, 0) is 0 Å². The van der Waals surface area contributed by atoms with Gasteiger partial charge in [-0.05, 0) is 17.7 Å². The molecule has 2 unspecified atom stereocenters. The highest BCUT2D eigenvalue weighted by Crippen LogP contribution is 2.39. The van der Waals surface area contributed by atoms with Crippen LogP contribution < -0.4 is 5.32 Å². The summed E-state index contributed by atoms with van der Waals surface area (Å²) in [4.78, 5) is 0. The summed E-state index contributed by atoms with van der Waals surface area (Å²) in [6, 6.07) is 21.3. The molecule has 0 aliphatic carbocycles. The van der Waals surface area contributed by atoms with Gasteiger partial charge in [0.2, 0.25) is 0 Å². The van der Waals surface area contributed by atoms with Gasteiger partial charge in [0, 0.05) is 17.0 Å². The van der Waals surface area contributed by atoms with Crippen molar-refractivity contribution in [2.75, 3.05) is 18.9 Å². The molecule has 0 radical (unpaired) electrons. The first-order chi connectivity index (χ1) is 10.4. The normalized spacial score (nSPS) is 13.8. The first-order valence-electron chi connectivity index (χ1n) is 7.42. The van der Waals surface area contributed by atoms with E-state index in [1.807, 2.05) is 12.1 Å². The molecular formula is C18H23NOS. The molecule has 21 heavy (non-hydrogen) atoms. The van der Waals surface area contributed by atoms with Crippen molar-refractivity contribution in [2.45, 2.75) is 18.2 Å². The van der Waals surface area contributed by atoms with Crippen molar-refractivity contribution >= 4 is 11.8 Å². The van der Waals surface area contributed by atoms with E-state index in [-0.39, 0.29) is 12.6 Å². The Labute approximate surface area is 131 Å². The summed E-state index contributed by atoms with van der Waals surface area (Å²) in [6.07, 6.45) is 0. The molecule has 2 N–H and O–H groups in total. The van der Waals surface area contributed by atoms with Crippen LogP contribution in [0.3, 0.4) is 0 Å². The average Bonchev–Trinajstić information content (AvgIpc) is 2.56. The zero-order valence-corrected chi connectivity index (χ0v) is 13.2. The zero-order chi connectivity index (χ0) is 14.9. The Morgan fingerprint density at radius 2 is 1.52 bits per heavy atom. The third kappa shape index (κ3) is 4.60. The SMILES string of the molecule is CCNC(c1ccccc1)C(SCCO)c1ccccc1. The van der Waals surface area contributed by atoms with E-state index in [2.05, 4.69) is 60.8 Å². The Balaban J connectivity index is 2.31. The second kappa shape index (κ2) is 8.88. The quantitative estimate of drug-likeness (QED) is 0.778. The van der Waals surface area contributed by atoms with Crippen LogP contribution in [0.4, 0.5) is 0 Å². The fourth-order valence-corrected chi connectivity index (χ4v) is 3.64. The Hall–Kier alpha value is -1.29. The maximum Gasteiger partial charge on any atom is 0.0521 e. The predicted molar refractivity (Wildman–Crippen MR) is 91.6 cm³/mol. The van der Waals surface area contributed by atoms with Crippen LogP contribution in [-0.4, -0.2) is 24.0 Å². The summed E-state index contributed by atoms with van der Waals surface area (Å²) in [5.74, 6) is 0.744. The predicted octanol–water partition coefficient (Wildman–Crippen LogP) is 3.80. The largest absolute Gasteiger partial charge is 0.396 e. The summed E-state index contributed by atoms with van der Waals surface area (Å²) in [5.41, 5.74) is 2.59. The number of aliphatic hydroxyl groups excluding tert-OH is 1. The summed E-state index contributed by atoms with van der Waals surface area (Å²) in [5, 5.41) is 13.1. The van der Waals surface area contributed by atoms with Crippen molar-refractivity contribution in [3.8, 4) is 0 Å².